The van der Waals surface area contributed by atoms with Crippen LogP contribution in [0, 0.1) is 0 Å². The molecule has 3 rings (SSSR count). The molecule has 1 aliphatic rings. The smallest absolute Gasteiger partial charge is 0.193 e. The highest BCUT2D eigenvalue weighted by atomic mass is 16.6. The molecule has 1 aliphatic heterocycles. The van der Waals surface area contributed by atoms with Crippen molar-refractivity contribution in [3.8, 4) is 0 Å². The van der Waals surface area contributed by atoms with Crippen molar-refractivity contribution in [1.29, 1.82) is 0 Å². The first-order chi connectivity index (χ1) is 10.5. The average molecular weight is 308 g/mol. The molecule has 118 valence electrons. The van der Waals surface area contributed by atoms with Crippen LogP contribution < -0.4 is 5.43 Å². The fourth-order valence-electron chi connectivity index (χ4n) is 2.60. The van der Waals surface area contributed by atoms with E-state index in [1.54, 1.807) is 24.3 Å². The quantitative estimate of drug-likeness (QED) is 0.579. The first-order valence-corrected chi connectivity index (χ1v) is 6.86. The fourth-order valence-corrected chi connectivity index (χ4v) is 2.60. The standard InChI is InChI=1S/C15H16O7/c16-6-11-12(18)13(19)14(20)15(22-11)10-5-8(17)7-3-1-2-4-9(7)21-10/h1-5,11-16,18-20H,6H2/t11-,12+,13+,14-,15?/m1/s1. The highest BCUT2D eigenvalue weighted by Crippen LogP contribution is 2.32. The molecule has 0 saturated carbocycles. The molecule has 1 fully saturated rings. The molecule has 0 aliphatic carbocycles. The average Bonchev–Trinajstić information content (AvgIpc) is 2.53. The zero-order chi connectivity index (χ0) is 15.9. The van der Waals surface area contributed by atoms with Gasteiger partial charge in [0.15, 0.2) is 5.43 Å². The van der Waals surface area contributed by atoms with Crippen LogP contribution in [-0.4, -0.2) is 51.4 Å². The van der Waals surface area contributed by atoms with Crippen molar-refractivity contribution in [2.24, 2.45) is 0 Å². The van der Waals surface area contributed by atoms with E-state index in [2.05, 4.69) is 0 Å². The Labute approximate surface area is 125 Å². The van der Waals surface area contributed by atoms with Gasteiger partial charge >= 0.3 is 0 Å². The molecule has 22 heavy (non-hydrogen) atoms. The molecule has 1 aromatic carbocycles. The summed E-state index contributed by atoms with van der Waals surface area (Å²) in [7, 11) is 0. The number of rotatable bonds is 2. The summed E-state index contributed by atoms with van der Waals surface area (Å²) in [6, 6.07) is 7.78. The van der Waals surface area contributed by atoms with Gasteiger partial charge in [-0.25, -0.2) is 0 Å². The van der Waals surface area contributed by atoms with Gasteiger partial charge in [-0.3, -0.25) is 4.79 Å². The molecule has 1 unspecified atom stereocenters. The van der Waals surface area contributed by atoms with Crippen LogP contribution in [0.5, 0.6) is 0 Å². The van der Waals surface area contributed by atoms with Gasteiger partial charge < -0.3 is 29.6 Å². The Morgan fingerprint density at radius 2 is 1.77 bits per heavy atom. The maximum Gasteiger partial charge on any atom is 0.193 e. The minimum atomic E-state index is -1.52. The number of fused-ring (bicyclic) bond motifs is 1. The highest BCUT2D eigenvalue weighted by Gasteiger charge is 2.45. The summed E-state index contributed by atoms with van der Waals surface area (Å²) >= 11 is 0. The predicted octanol–water partition coefficient (Wildman–Crippen LogP) is -0.692. The molecule has 1 aromatic heterocycles. The second-order valence-electron chi connectivity index (χ2n) is 5.26. The van der Waals surface area contributed by atoms with E-state index in [0.29, 0.717) is 11.0 Å². The second kappa shape index (κ2) is 5.79. The summed E-state index contributed by atoms with van der Waals surface area (Å²) < 4.78 is 10.9. The molecule has 0 bridgehead atoms. The van der Waals surface area contributed by atoms with Gasteiger partial charge in [0.2, 0.25) is 0 Å². The van der Waals surface area contributed by atoms with E-state index in [1.807, 2.05) is 0 Å². The van der Waals surface area contributed by atoms with Crippen LogP contribution >= 0.6 is 0 Å². The lowest BCUT2D eigenvalue weighted by molar-refractivity contribution is -0.235. The number of ether oxygens (including phenoxy) is 1. The first kappa shape index (κ1) is 15.1. The highest BCUT2D eigenvalue weighted by molar-refractivity contribution is 5.76. The van der Waals surface area contributed by atoms with E-state index in [-0.39, 0.29) is 11.2 Å². The van der Waals surface area contributed by atoms with Crippen LogP contribution in [0.4, 0.5) is 0 Å². The van der Waals surface area contributed by atoms with Crippen molar-refractivity contribution in [2.45, 2.75) is 30.5 Å². The minimum absolute atomic E-state index is 0.0283. The molecular weight excluding hydrogens is 292 g/mol. The van der Waals surface area contributed by atoms with Gasteiger partial charge in [-0.05, 0) is 12.1 Å². The minimum Gasteiger partial charge on any atom is -0.458 e. The monoisotopic (exact) mass is 308 g/mol. The van der Waals surface area contributed by atoms with E-state index in [9.17, 15) is 25.2 Å². The number of para-hydroxylation sites is 1. The molecule has 0 radical (unpaired) electrons. The van der Waals surface area contributed by atoms with E-state index in [1.165, 1.54) is 6.07 Å². The Morgan fingerprint density at radius 3 is 2.50 bits per heavy atom. The van der Waals surface area contributed by atoms with Gasteiger partial charge in [0, 0.05) is 6.07 Å². The van der Waals surface area contributed by atoms with Crippen LogP contribution in [0.1, 0.15) is 11.9 Å². The van der Waals surface area contributed by atoms with Gasteiger partial charge in [0.05, 0.1) is 12.0 Å². The summed E-state index contributed by atoms with van der Waals surface area (Å²) in [6.45, 7) is -0.542. The van der Waals surface area contributed by atoms with E-state index < -0.39 is 37.1 Å². The maximum absolute atomic E-state index is 12.1. The second-order valence-corrected chi connectivity index (χ2v) is 5.26. The number of benzene rings is 1. The third kappa shape index (κ3) is 2.43. The van der Waals surface area contributed by atoms with Gasteiger partial charge in [0.25, 0.3) is 0 Å². The third-order valence-electron chi connectivity index (χ3n) is 3.83. The van der Waals surface area contributed by atoms with Gasteiger partial charge in [-0.2, -0.15) is 0 Å². The van der Waals surface area contributed by atoms with E-state index >= 15 is 0 Å². The lowest BCUT2D eigenvalue weighted by Crippen LogP contribution is -2.55. The van der Waals surface area contributed by atoms with Crippen molar-refractivity contribution < 1.29 is 29.6 Å². The topological polar surface area (TPSA) is 120 Å². The molecule has 1 saturated heterocycles. The van der Waals surface area contributed by atoms with Crippen molar-refractivity contribution in [2.75, 3.05) is 6.61 Å². The molecule has 7 nitrogen and oxygen atoms in total. The molecular formula is C15H16O7. The van der Waals surface area contributed by atoms with Crippen molar-refractivity contribution in [3.05, 3.63) is 46.3 Å². The summed E-state index contributed by atoms with van der Waals surface area (Å²) in [4.78, 5) is 12.1. The molecule has 7 heteroatoms. The molecule has 5 atom stereocenters. The lowest BCUT2D eigenvalue weighted by Gasteiger charge is -2.39. The SMILES string of the molecule is O=c1cc(C2O[C@H](CO)[C@H](O)[C@H](O)[C@H]2O)oc2ccccc12. The summed E-state index contributed by atoms with van der Waals surface area (Å²) in [5, 5.41) is 39.2. The molecule has 0 amide bonds. The largest absolute Gasteiger partial charge is 0.458 e. The zero-order valence-electron chi connectivity index (χ0n) is 11.5. The normalized spacial score (nSPS) is 32.3. The lowest BCUT2D eigenvalue weighted by atomic mass is 9.93. The van der Waals surface area contributed by atoms with Crippen LogP contribution in [-0.2, 0) is 4.74 Å². The maximum atomic E-state index is 12.1. The Hall–Kier alpha value is -1.77. The van der Waals surface area contributed by atoms with E-state index in [0.717, 1.165) is 0 Å². The van der Waals surface area contributed by atoms with Gasteiger partial charge in [-0.15, -0.1) is 0 Å². The van der Waals surface area contributed by atoms with Gasteiger partial charge in [0.1, 0.15) is 41.9 Å². The van der Waals surface area contributed by atoms with Crippen LogP contribution in [0.2, 0.25) is 0 Å². The summed E-state index contributed by atoms with van der Waals surface area (Å²) in [6.07, 6.45) is -6.67. The fraction of sp³-hybridized carbons (Fsp3) is 0.400. The molecule has 4 N–H and O–H groups in total. The Bertz CT molecular complexity index is 723. The molecule has 0 spiro atoms. The van der Waals surface area contributed by atoms with E-state index in [4.69, 9.17) is 9.15 Å². The molecule has 2 aromatic rings. The van der Waals surface area contributed by atoms with Gasteiger partial charge in [-0.1, -0.05) is 12.1 Å². The summed E-state index contributed by atoms with van der Waals surface area (Å²) in [5.74, 6) is 0.0283. The third-order valence-corrected chi connectivity index (χ3v) is 3.83. The number of hydrogen-bond acceptors (Lipinski definition) is 7. The van der Waals surface area contributed by atoms with Crippen LogP contribution in [0.3, 0.4) is 0 Å². The molecule has 2 heterocycles. The predicted molar refractivity (Wildman–Crippen MR) is 75.2 cm³/mol. The summed E-state index contributed by atoms with van der Waals surface area (Å²) in [5.41, 5.74) is 0.00997. The Kier molecular flexibility index (Phi) is 3.98. The van der Waals surface area contributed by atoms with Crippen molar-refractivity contribution in [1.82, 2.24) is 0 Å². The van der Waals surface area contributed by atoms with Crippen LogP contribution in [0.25, 0.3) is 11.0 Å². The number of hydrogen-bond donors (Lipinski definition) is 4. The zero-order valence-corrected chi connectivity index (χ0v) is 11.5. The first-order valence-electron chi connectivity index (χ1n) is 6.86. The van der Waals surface area contributed by atoms with Crippen LogP contribution in [0.15, 0.2) is 39.5 Å². The Morgan fingerprint density at radius 1 is 1.05 bits per heavy atom. The number of aliphatic hydroxyl groups excluding tert-OH is 4. The Balaban J connectivity index is 2.04. The van der Waals surface area contributed by atoms with Crippen molar-refractivity contribution >= 4 is 11.0 Å². The van der Waals surface area contributed by atoms with Crippen molar-refractivity contribution in [3.63, 3.8) is 0 Å². The number of aliphatic hydroxyl groups is 4.